The molecule has 9 nitrogen and oxygen atoms in total. The Labute approximate surface area is 322 Å². The molecular formula is C43H74NO8P. The summed E-state index contributed by atoms with van der Waals surface area (Å²) in [5.41, 5.74) is 5.33. The molecular weight excluding hydrogens is 689 g/mol. The van der Waals surface area contributed by atoms with E-state index in [-0.39, 0.29) is 32.6 Å². The highest BCUT2D eigenvalue weighted by Gasteiger charge is 2.25. The van der Waals surface area contributed by atoms with Crippen LogP contribution in [0.2, 0.25) is 0 Å². The fraction of sp³-hybridized carbons (Fsp3) is 0.674. The van der Waals surface area contributed by atoms with E-state index in [2.05, 4.69) is 74.6 Å². The molecule has 0 aliphatic rings. The summed E-state index contributed by atoms with van der Waals surface area (Å²) in [7, 11) is -4.40. The lowest BCUT2D eigenvalue weighted by Crippen LogP contribution is -2.29. The summed E-state index contributed by atoms with van der Waals surface area (Å²) in [4.78, 5) is 34.7. The molecule has 0 aliphatic heterocycles. The van der Waals surface area contributed by atoms with Crippen molar-refractivity contribution < 1.29 is 37.6 Å². The molecule has 0 aromatic heterocycles. The third-order valence-corrected chi connectivity index (χ3v) is 9.06. The number of carbonyl (C=O) groups is 2. The number of carbonyl (C=O) groups excluding carboxylic acids is 2. The van der Waals surface area contributed by atoms with Gasteiger partial charge in [-0.3, -0.25) is 18.6 Å². The molecule has 0 saturated carbocycles. The van der Waals surface area contributed by atoms with E-state index >= 15 is 0 Å². The molecule has 0 aliphatic carbocycles. The molecule has 3 N–H and O–H groups in total. The first-order valence-electron chi connectivity index (χ1n) is 20.4. The van der Waals surface area contributed by atoms with Crippen LogP contribution in [0, 0.1) is 0 Å². The smallest absolute Gasteiger partial charge is 0.462 e. The fourth-order valence-corrected chi connectivity index (χ4v) is 5.79. The molecule has 0 fully saturated rings. The summed E-state index contributed by atoms with van der Waals surface area (Å²) < 4.78 is 32.6. The van der Waals surface area contributed by atoms with Crippen molar-refractivity contribution in [3.8, 4) is 0 Å². The highest BCUT2D eigenvalue weighted by atomic mass is 31.2. The van der Waals surface area contributed by atoms with E-state index in [0.717, 1.165) is 57.8 Å². The zero-order valence-electron chi connectivity index (χ0n) is 33.2. The second kappa shape index (κ2) is 39.2. The minimum absolute atomic E-state index is 0.0378. The molecule has 0 heterocycles. The maximum absolute atomic E-state index is 12.5. The predicted molar refractivity (Wildman–Crippen MR) is 219 cm³/mol. The average molecular weight is 764 g/mol. The van der Waals surface area contributed by atoms with Crippen LogP contribution in [0.4, 0.5) is 0 Å². The van der Waals surface area contributed by atoms with Crippen LogP contribution in [0.25, 0.3) is 0 Å². The zero-order valence-corrected chi connectivity index (χ0v) is 34.1. The summed E-state index contributed by atoms with van der Waals surface area (Å²) in [6.07, 6.45) is 46.6. The summed E-state index contributed by atoms with van der Waals surface area (Å²) in [5, 5.41) is 0. The number of allylic oxidation sites excluding steroid dienone is 12. The van der Waals surface area contributed by atoms with Gasteiger partial charge in [0.25, 0.3) is 0 Å². The minimum atomic E-state index is -4.40. The van der Waals surface area contributed by atoms with Crippen molar-refractivity contribution >= 4 is 19.8 Å². The first-order chi connectivity index (χ1) is 25.8. The Kier molecular flexibility index (Phi) is 37.3. The van der Waals surface area contributed by atoms with Crippen molar-refractivity contribution in [1.29, 1.82) is 0 Å². The quantitative estimate of drug-likeness (QED) is 0.0274. The second-order valence-corrected chi connectivity index (χ2v) is 14.6. The zero-order chi connectivity index (χ0) is 38.9. The van der Waals surface area contributed by atoms with Crippen LogP contribution >= 0.6 is 7.82 Å². The van der Waals surface area contributed by atoms with E-state index in [9.17, 15) is 19.0 Å². The van der Waals surface area contributed by atoms with Crippen molar-refractivity contribution in [1.82, 2.24) is 0 Å². The maximum Gasteiger partial charge on any atom is 0.472 e. The van der Waals surface area contributed by atoms with Crippen molar-refractivity contribution in [3.63, 3.8) is 0 Å². The average Bonchev–Trinajstić information content (AvgIpc) is 3.14. The molecule has 0 amide bonds. The maximum atomic E-state index is 12.5. The third-order valence-electron chi connectivity index (χ3n) is 8.08. The van der Waals surface area contributed by atoms with Crippen molar-refractivity contribution in [2.24, 2.45) is 5.73 Å². The van der Waals surface area contributed by atoms with Gasteiger partial charge in [0.15, 0.2) is 6.10 Å². The van der Waals surface area contributed by atoms with Gasteiger partial charge in [-0.15, -0.1) is 0 Å². The summed E-state index contributed by atoms with van der Waals surface area (Å²) in [5.74, 6) is -0.942. The number of rotatable bonds is 37. The first-order valence-corrected chi connectivity index (χ1v) is 21.9. The van der Waals surface area contributed by atoms with Gasteiger partial charge in [0.2, 0.25) is 0 Å². The normalized spacial score (nSPS) is 14.1. The minimum Gasteiger partial charge on any atom is -0.462 e. The van der Waals surface area contributed by atoms with Crippen LogP contribution < -0.4 is 5.73 Å². The van der Waals surface area contributed by atoms with Crippen molar-refractivity contribution in [2.45, 2.75) is 161 Å². The van der Waals surface area contributed by atoms with E-state index in [4.69, 9.17) is 24.3 Å². The van der Waals surface area contributed by atoms with Crippen LogP contribution in [0.15, 0.2) is 72.9 Å². The van der Waals surface area contributed by atoms with E-state index in [1.807, 2.05) is 12.2 Å². The van der Waals surface area contributed by atoms with E-state index in [1.54, 1.807) is 0 Å². The summed E-state index contributed by atoms with van der Waals surface area (Å²) >= 11 is 0. The molecule has 10 heteroatoms. The van der Waals surface area contributed by atoms with Gasteiger partial charge >= 0.3 is 19.8 Å². The molecule has 0 rings (SSSR count). The highest BCUT2D eigenvalue weighted by molar-refractivity contribution is 7.47. The van der Waals surface area contributed by atoms with E-state index in [0.29, 0.717) is 12.8 Å². The Morgan fingerprint density at radius 1 is 0.566 bits per heavy atom. The predicted octanol–water partition coefficient (Wildman–Crippen LogP) is 11.5. The van der Waals surface area contributed by atoms with Crippen LogP contribution in [-0.4, -0.2) is 49.3 Å². The van der Waals surface area contributed by atoms with Gasteiger partial charge in [0.05, 0.1) is 13.2 Å². The van der Waals surface area contributed by atoms with Crippen LogP contribution in [0.1, 0.15) is 155 Å². The van der Waals surface area contributed by atoms with Gasteiger partial charge in [-0.1, -0.05) is 138 Å². The molecule has 53 heavy (non-hydrogen) atoms. The molecule has 0 saturated heterocycles. The number of unbranched alkanes of at least 4 members (excludes halogenated alkanes) is 12. The third kappa shape index (κ3) is 39.0. The topological polar surface area (TPSA) is 134 Å². The molecule has 2 atom stereocenters. The molecule has 0 radical (unpaired) electrons. The van der Waals surface area contributed by atoms with Crippen molar-refractivity contribution in [2.75, 3.05) is 26.4 Å². The number of hydrogen-bond acceptors (Lipinski definition) is 8. The lowest BCUT2D eigenvalue weighted by molar-refractivity contribution is -0.161. The van der Waals surface area contributed by atoms with Gasteiger partial charge in [-0.25, -0.2) is 4.57 Å². The van der Waals surface area contributed by atoms with Gasteiger partial charge < -0.3 is 20.1 Å². The van der Waals surface area contributed by atoms with Gasteiger partial charge in [0.1, 0.15) is 6.61 Å². The van der Waals surface area contributed by atoms with Gasteiger partial charge in [-0.2, -0.15) is 0 Å². The fourth-order valence-electron chi connectivity index (χ4n) is 5.02. The van der Waals surface area contributed by atoms with Gasteiger partial charge in [0, 0.05) is 19.4 Å². The Hall–Kier alpha value is -2.55. The molecule has 0 spiro atoms. The lowest BCUT2D eigenvalue weighted by Gasteiger charge is -2.19. The largest absolute Gasteiger partial charge is 0.472 e. The van der Waals surface area contributed by atoms with E-state index < -0.39 is 32.5 Å². The number of phosphoric ester groups is 1. The number of esters is 2. The van der Waals surface area contributed by atoms with Crippen LogP contribution in [0.5, 0.6) is 0 Å². The monoisotopic (exact) mass is 764 g/mol. The number of hydrogen-bond donors (Lipinski definition) is 2. The van der Waals surface area contributed by atoms with Crippen molar-refractivity contribution in [3.05, 3.63) is 72.9 Å². The molecule has 304 valence electrons. The number of nitrogens with two attached hydrogens (primary N) is 1. The number of phosphoric acid groups is 1. The van der Waals surface area contributed by atoms with Gasteiger partial charge in [-0.05, 0) is 77.0 Å². The second-order valence-electron chi connectivity index (χ2n) is 13.1. The Bertz CT molecular complexity index is 1100. The SMILES string of the molecule is CCCCCC=CCC=CCC=CCC=CCC=CCCC(=O)O[C@H](COC(=O)CCCCCCCC=CCCCCCC)COP(=O)(O)OCCN. The molecule has 0 aromatic carbocycles. The highest BCUT2D eigenvalue weighted by Crippen LogP contribution is 2.43. The summed E-state index contributed by atoms with van der Waals surface area (Å²) in [6.45, 7) is 3.57. The standard InChI is InChI=1S/C43H74NO8P/c1-3-5-7-9-11-13-15-17-18-19-20-21-22-24-26-28-30-32-34-36-43(46)52-41(40-51-53(47,48)50-38-37-44)39-49-42(45)35-33-31-29-27-25-23-16-14-12-10-8-6-4-2/h11,13-14,16-18,20-21,24,26,30,32,41H,3-10,12,15,19,22-23,25,27-29,31,33-40,44H2,1-2H3,(H,47,48)/t41-/m1/s1. The Balaban J connectivity index is 4.35. The van der Waals surface area contributed by atoms with Crippen LogP contribution in [-0.2, 0) is 32.7 Å². The Morgan fingerprint density at radius 2 is 1.02 bits per heavy atom. The Morgan fingerprint density at radius 3 is 1.58 bits per heavy atom. The molecule has 1 unspecified atom stereocenters. The van der Waals surface area contributed by atoms with E-state index in [1.165, 1.54) is 57.8 Å². The molecule has 0 aromatic rings. The first kappa shape index (κ1) is 50.5. The lowest BCUT2D eigenvalue weighted by atomic mass is 10.1. The summed E-state index contributed by atoms with van der Waals surface area (Å²) in [6, 6.07) is 0. The number of ether oxygens (including phenoxy) is 2. The van der Waals surface area contributed by atoms with Crippen LogP contribution in [0.3, 0.4) is 0 Å². The molecule has 0 bridgehead atoms.